The van der Waals surface area contributed by atoms with Crippen molar-refractivity contribution in [2.24, 2.45) is 17.6 Å². The van der Waals surface area contributed by atoms with Crippen LogP contribution < -0.4 is 5.73 Å². The fraction of sp³-hybridized carbons (Fsp3) is 0.625. The lowest BCUT2D eigenvalue weighted by Gasteiger charge is -2.31. The molecule has 5 nitrogen and oxygen atoms in total. The lowest BCUT2D eigenvalue weighted by molar-refractivity contribution is -0.137. The highest BCUT2D eigenvalue weighted by Crippen LogP contribution is 2.29. The van der Waals surface area contributed by atoms with E-state index >= 15 is 0 Å². The molecule has 0 saturated heterocycles. The maximum absolute atomic E-state index is 12.7. The molecule has 0 atom stereocenters. The number of carbonyl (C=O) groups excluding carboxylic acids is 1. The summed E-state index contributed by atoms with van der Waals surface area (Å²) >= 11 is 0. The first-order chi connectivity index (χ1) is 10.2. The van der Waals surface area contributed by atoms with Gasteiger partial charge < -0.3 is 15.1 Å². The van der Waals surface area contributed by atoms with Crippen LogP contribution in [-0.2, 0) is 11.3 Å². The van der Waals surface area contributed by atoms with Crippen LogP contribution >= 0.6 is 0 Å². The van der Waals surface area contributed by atoms with Crippen LogP contribution in [0.4, 0.5) is 0 Å². The van der Waals surface area contributed by atoms with Gasteiger partial charge >= 0.3 is 0 Å². The van der Waals surface area contributed by atoms with E-state index in [1.807, 2.05) is 12.1 Å². The highest BCUT2D eigenvalue weighted by atomic mass is 16.3. The van der Waals surface area contributed by atoms with Crippen LogP contribution in [0.25, 0.3) is 0 Å². The first-order valence-electron chi connectivity index (χ1n) is 7.62. The van der Waals surface area contributed by atoms with Crippen molar-refractivity contribution in [3.8, 4) is 6.07 Å². The molecule has 0 aromatic carbocycles. The van der Waals surface area contributed by atoms with Crippen molar-refractivity contribution in [3.05, 3.63) is 24.2 Å². The van der Waals surface area contributed by atoms with Gasteiger partial charge in [-0.25, -0.2) is 0 Å². The van der Waals surface area contributed by atoms with Crippen LogP contribution in [0.15, 0.2) is 22.8 Å². The van der Waals surface area contributed by atoms with Gasteiger partial charge in [-0.1, -0.05) is 0 Å². The Bertz CT molecular complexity index is 470. The van der Waals surface area contributed by atoms with E-state index in [9.17, 15) is 4.79 Å². The molecule has 1 amide bonds. The Labute approximate surface area is 125 Å². The average Bonchev–Trinajstić information content (AvgIpc) is 3.04. The van der Waals surface area contributed by atoms with Gasteiger partial charge in [-0.2, -0.15) is 5.26 Å². The largest absolute Gasteiger partial charge is 0.467 e. The zero-order valence-electron chi connectivity index (χ0n) is 12.3. The SMILES string of the molecule is N#CCCN(Cc1ccco1)C(=O)C1CCC(CN)CC1. The number of hydrogen-bond donors (Lipinski definition) is 1. The van der Waals surface area contributed by atoms with Crippen LogP contribution in [0.2, 0.25) is 0 Å². The Morgan fingerprint density at radius 3 is 2.76 bits per heavy atom. The van der Waals surface area contributed by atoms with Crippen molar-refractivity contribution in [3.63, 3.8) is 0 Å². The summed E-state index contributed by atoms with van der Waals surface area (Å²) in [5, 5.41) is 8.77. The van der Waals surface area contributed by atoms with Gasteiger partial charge in [0.1, 0.15) is 5.76 Å². The number of furan rings is 1. The minimum Gasteiger partial charge on any atom is -0.467 e. The molecule has 114 valence electrons. The van der Waals surface area contributed by atoms with E-state index < -0.39 is 0 Å². The topological polar surface area (TPSA) is 83.3 Å². The molecule has 0 bridgehead atoms. The van der Waals surface area contributed by atoms with Gasteiger partial charge in [0.15, 0.2) is 0 Å². The Morgan fingerprint density at radius 2 is 2.19 bits per heavy atom. The molecule has 21 heavy (non-hydrogen) atoms. The predicted molar refractivity (Wildman–Crippen MR) is 78.9 cm³/mol. The zero-order chi connectivity index (χ0) is 15.1. The molecule has 2 N–H and O–H groups in total. The molecule has 0 radical (unpaired) electrons. The molecular weight excluding hydrogens is 266 g/mol. The average molecular weight is 289 g/mol. The molecule has 0 unspecified atom stereocenters. The molecule has 5 heteroatoms. The molecule has 1 aromatic rings. The highest BCUT2D eigenvalue weighted by molar-refractivity contribution is 5.78. The third kappa shape index (κ3) is 4.33. The zero-order valence-corrected chi connectivity index (χ0v) is 12.3. The third-order valence-corrected chi connectivity index (χ3v) is 4.26. The fourth-order valence-electron chi connectivity index (χ4n) is 2.95. The maximum atomic E-state index is 12.7. The second-order valence-corrected chi connectivity index (χ2v) is 5.70. The molecule has 2 rings (SSSR count). The summed E-state index contributed by atoms with van der Waals surface area (Å²) in [7, 11) is 0. The highest BCUT2D eigenvalue weighted by Gasteiger charge is 2.29. The molecule has 1 aromatic heterocycles. The molecule has 1 heterocycles. The first kappa shape index (κ1) is 15.6. The lowest BCUT2D eigenvalue weighted by atomic mass is 9.81. The number of nitriles is 1. The lowest BCUT2D eigenvalue weighted by Crippen LogP contribution is -2.38. The van der Waals surface area contributed by atoms with E-state index in [1.54, 1.807) is 11.2 Å². The minimum absolute atomic E-state index is 0.0708. The Kier molecular flexibility index (Phi) is 5.82. The van der Waals surface area contributed by atoms with Crippen molar-refractivity contribution in [2.45, 2.75) is 38.6 Å². The number of nitrogens with two attached hydrogens (primary N) is 1. The maximum Gasteiger partial charge on any atom is 0.226 e. The summed E-state index contributed by atoms with van der Waals surface area (Å²) in [4.78, 5) is 14.4. The monoisotopic (exact) mass is 289 g/mol. The smallest absolute Gasteiger partial charge is 0.226 e. The molecule has 1 saturated carbocycles. The molecule has 0 spiro atoms. The van der Waals surface area contributed by atoms with Crippen LogP contribution in [0.3, 0.4) is 0 Å². The van der Waals surface area contributed by atoms with Crippen molar-refractivity contribution in [2.75, 3.05) is 13.1 Å². The number of carbonyl (C=O) groups is 1. The predicted octanol–water partition coefficient (Wildman–Crippen LogP) is 2.29. The molecular formula is C16H23N3O2. The molecule has 0 aliphatic heterocycles. The van der Waals surface area contributed by atoms with Crippen LogP contribution in [0, 0.1) is 23.2 Å². The van der Waals surface area contributed by atoms with E-state index in [2.05, 4.69) is 6.07 Å². The summed E-state index contributed by atoms with van der Waals surface area (Å²) in [5.41, 5.74) is 5.70. The second-order valence-electron chi connectivity index (χ2n) is 5.70. The van der Waals surface area contributed by atoms with Gasteiger partial charge in [0, 0.05) is 12.5 Å². The van der Waals surface area contributed by atoms with Crippen molar-refractivity contribution < 1.29 is 9.21 Å². The Balaban J connectivity index is 1.95. The van der Waals surface area contributed by atoms with Gasteiger partial charge in [-0.05, 0) is 50.3 Å². The minimum atomic E-state index is 0.0708. The molecule has 1 aliphatic carbocycles. The fourth-order valence-corrected chi connectivity index (χ4v) is 2.95. The van der Waals surface area contributed by atoms with Gasteiger partial charge in [0.05, 0.1) is 25.3 Å². The summed E-state index contributed by atoms with van der Waals surface area (Å²) in [6.07, 6.45) is 5.82. The Morgan fingerprint density at radius 1 is 1.43 bits per heavy atom. The van der Waals surface area contributed by atoms with Crippen LogP contribution in [0.1, 0.15) is 37.9 Å². The number of nitrogens with zero attached hydrogens (tertiary/aromatic N) is 2. The van der Waals surface area contributed by atoms with Crippen molar-refractivity contribution in [1.82, 2.24) is 4.90 Å². The summed E-state index contributed by atoms with van der Waals surface area (Å²) in [6, 6.07) is 5.78. The van der Waals surface area contributed by atoms with Crippen molar-refractivity contribution in [1.29, 1.82) is 5.26 Å². The van der Waals surface area contributed by atoms with E-state index in [0.29, 0.717) is 32.0 Å². The Hall–Kier alpha value is -1.80. The summed E-state index contributed by atoms with van der Waals surface area (Å²) < 4.78 is 5.32. The van der Waals surface area contributed by atoms with Gasteiger partial charge in [-0.3, -0.25) is 4.79 Å². The van der Waals surface area contributed by atoms with E-state index in [-0.39, 0.29) is 11.8 Å². The normalized spacial score (nSPS) is 21.7. The first-order valence-corrected chi connectivity index (χ1v) is 7.62. The van der Waals surface area contributed by atoms with E-state index in [1.165, 1.54) is 0 Å². The number of rotatable bonds is 6. The number of hydrogen-bond acceptors (Lipinski definition) is 4. The van der Waals surface area contributed by atoms with Gasteiger partial charge in [0.2, 0.25) is 5.91 Å². The number of amides is 1. The van der Waals surface area contributed by atoms with Crippen LogP contribution in [-0.4, -0.2) is 23.9 Å². The molecule has 1 aliphatic rings. The van der Waals surface area contributed by atoms with E-state index in [4.69, 9.17) is 15.4 Å². The summed E-state index contributed by atoms with van der Waals surface area (Å²) in [6.45, 7) is 1.63. The van der Waals surface area contributed by atoms with Gasteiger partial charge in [0.25, 0.3) is 0 Å². The quantitative estimate of drug-likeness (QED) is 0.871. The van der Waals surface area contributed by atoms with Gasteiger partial charge in [-0.15, -0.1) is 0 Å². The van der Waals surface area contributed by atoms with E-state index in [0.717, 1.165) is 31.4 Å². The summed E-state index contributed by atoms with van der Waals surface area (Å²) in [5.74, 6) is 1.54. The standard InChI is InChI=1S/C16H23N3O2/c17-8-2-9-19(12-15-3-1-10-21-15)16(20)14-6-4-13(11-18)5-7-14/h1,3,10,13-14H,2,4-7,9,11-12,18H2. The molecule has 1 fully saturated rings. The second kappa shape index (κ2) is 7.84. The van der Waals surface area contributed by atoms with Crippen molar-refractivity contribution >= 4 is 5.91 Å². The third-order valence-electron chi connectivity index (χ3n) is 4.26. The van der Waals surface area contributed by atoms with Crippen LogP contribution in [0.5, 0.6) is 0 Å².